The lowest BCUT2D eigenvalue weighted by Gasteiger charge is -1.78. The summed E-state index contributed by atoms with van der Waals surface area (Å²) < 4.78 is 0. The van der Waals surface area contributed by atoms with Crippen LogP contribution in [0.4, 0.5) is 0 Å². The highest BCUT2D eigenvalue weighted by Gasteiger charge is 1.66. The van der Waals surface area contributed by atoms with Crippen LogP contribution in [0.1, 0.15) is 34.6 Å². The van der Waals surface area contributed by atoms with E-state index in [1.807, 2.05) is 0 Å². The summed E-state index contributed by atoms with van der Waals surface area (Å²) in [7, 11) is 0. The zero-order chi connectivity index (χ0) is 18.6. The molecule has 0 aromatic heterocycles. The van der Waals surface area contributed by atoms with Gasteiger partial charge in [-0.15, -0.1) is 0 Å². The van der Waals surface area contributed by atoms with Gasteiger partial charge < -0.3 is 31.9 Å². The number of carboxylic acids is 4. The van der Waals surface area contributed by atoms with Gasteiger partial charge in [-0.3, -0.25) is 19.2 Å². The van der Waals surface area contributed by atoms with Gasteiger partial charge in [-0.05, 0) is 13.0 Å². The highest BCUT2D eigenvalue weighted by atomic mass is 16.4. The predicted molar refractivity (Wildman–Crippen MR) is 75.4 cm³/mol. The molecule has 10 heteroatoms. The van der Waals surface area contributed by atoms with Gasteiger partial charge in [0.2, 0.25) is 0 Å². The first-order valence-electron chi connectivity index (χ1n) is 5.15. The molecule has 0 heterocycles. The summed E-state index contributed by atoms with van der Waals surface area (Å²) >= 11 is 0. The van der Waals surface area contributed by atoms with E-state index in [-0.39, 0.29) is 0 Å². The van der Waals surface area contributed by atoms with Gasteiger partial charge >= 0.3 is 0 Å². The lowest BCUT2D eigenvalue weighted by molar-refractivity contribution is -0.135. The van der Waals surface area contributed by atoms with Gasteiger partial charge in [-0.1, -0.05) is 0 Å². The smallest absolute Gasteiger partial charge is 0.300 e. The van der Waals surface area contributed by atoms with E-state index in [2.05, 4.69) is 0 Å². The van der Waals surface area contributed by atoms with E-state index in [1.165, 1.54) is 0 Å². The van der Waals surface area contributed by atoms with Crippen molar-refractivity contribution < 1.29 is 39.6 Å². The van der Waals surface area contributed by atoms with Gasteiger partial charge in [0.05, 0.1) is 5.82 Å². The minimum atomic E-state index is -0.833. The Kier molecular flexibility index (Phi) is 38.2. The maximum atomic E-state index is 9.00. The zero-order valence-corrected chi connectivity index (χ0v) is 12.7. The molecule has 8 N–H and O–H groups in total. The predicted octanol–water partition coefficient (Wildman–Crippen LogP) is 0.129. The van der Waals surface area contributed by atoms with E-state index in [1.54, 1.807) is 13.0 Å². The Hall–Kier alpha value is -2.78. The molecule has 0 saturated heterocycles. The lowest BCUT2D eigenvalue weighted by atomic mass is 10.6. The van der Waals surface area contributed by atoms with E-state index in [4.69, 9.17) is 51.1 Å². The minimum Gasteiger partial charge on any atom is -0.481 e. The number of allylic oxidation sites excluding steroid dienone is 1. The average Bonchev–Trinajstić information content (AvgIpc) is 2.13. The van der Waals surface area contributed by atoms with E-state index in [0.29, 0.717) is 5.82 Å². The van der Waals surface area contributed by atoms with Crippen LogP contribution in [-0.4, -0.2) is 44.3 Å². The fraction of sp³-hybridized carbons (Fsp3) is 0.455. The standard InChI is InChI=1S/C3H8N2.4C2H4O2/c1-2-3(4)5;4*1-2(3)4/h2H,4-5H2,1H3;4*1H3,(H,3,4). The monoisotopic (exact) mass is 312 g/mol. The Morgan fingerprint density at radius 2 is 0.714 bits per heavy atom. The molecule has 0 aliphatic heterocycles. The first-order valence-corrected chi connectivity index (χ1v) is 5.15. The molecule has 126 valence electrons. The van der Waals surface area contributed by atoms with Gasteiger partial charge in [-0.25, -0.2) is 0 Å². The number of hydrogen-bond acceptors (Lipinski definition) is 6. The van der Waals surface area contributed by atoms with Crippen LogP contribution in [0.25, 0.3) is 0 Å². The zero-order valence-electron chi connectivity index (χ0n) is 12.7. The molecule has 21 heavy (non-hydrogen) atoms. The molecule has 0 aromatic carbocycles. The molecule has 0 unspecified atom stereocenters. The second kappa shape index (κ2) is 25.9. The van der Waals surface area contributed by atoms with Crippen LogP contribution in [0.5, 0.6) is 0 Å². The van der Waals surface area contributed by atoms with Crippen molar-refractivity contribution in [3.8, 4) is 0 Å². The Bertz CT molecular complexity index is 258. The number of rotatable bonds is 0. The van der Waals surface area contributed by atoms with Crippen LogP contribution >= 0.6 is 0 Å². The molecule has 0 amide bonds. The van der Waals surface area contributed by atoms with Crippen molar-refractivity contribution in [3.63, 3.8) is 0 Å². The maximum Gasteiger partial charge on any atom is 0.300 e. The number of carboxylic acid groups (broad SMARTS) is 4. The molecular formula is C11H24N2O8. The van der Waals surface area contributed by atoms with Crippen LogP contribution in [0.3, 0.4) is 0 Å². The lowest BCUT2D eigenvalue weighted by Crippen LogP contribution is -2.06. The molecule has 10 nitrogen and oxygen atoms in total. The summed E-state index contributed by atoms with van der Waals surface area (Å²) in [5.74, 6) is -2.95. The highest BCUT2D eigenvalue weighted by molar-refractivity contribution is 5.63. The van der Waals surface area contributed by atoms with Crippen molar-refractivity contribution in [2.45, 2.75) is 34.6 Å². The second-order valence-electron chi connectivity index (χ2n) is 2.86. The third-order valence-electron chi connectivity index (χ3n) is 0.333. The normalized spacial score (nSPS) is 6.33. The number of carbonyl (C=O) groups is 4. The molecule has 0 saturated carbocycles. The van der Waals surface area contributed by atoms with Crippen LogP contribution in [0.15, 0.2) is 11.9 Å². The van der Waals surface area contributed by atoms with Gasteiger partial charge in [-0.2, -0.15) is 0 Å². The largest absolute Gasteiger partial charge is 0.481 e. The van der Waals surface area contributed by atoms with Crippen LogP contribution in [0.2, 0.25) is 0 Å². The van der Waals surface area contributed by atoms with E-state index >= 15 is 0 Å². The summed E-state index contributed by atoms with van der Waals surface area (Å²) in [6.07, 6.45) is 1.64. The second-order valence-corrected chi connectivity index (χ2v) is 2.86. The first-order chi connectivity index (χ1) is 9.20. The van der Waals surface area contributed by atoms with Gasteiger partial charge in [0, 0.05) is 27.7 Å². The summed E-state index contributed by atoms with van der Waals surface area (Å²) in [5, 5.41) is 29.7. The molecule has 0 bridgehead atoms. The van der Waals surface area contributed by atoms with E-state index in [9.17, 15) is 0 Å². The highest BCUT2D eigenvalue weighted by Crippen LogP contribution is 1.59. The Morgan fingerprint density at radius 3 is 0.714 bits per heavy atom. The summed E-state index contributed by atoms with van der Waals surface area (Å²) in [5.41, 5.74) is 9.86. The molecule has 0 radical (unpaired) electrons. The van der Waals surface area contributed by atoms with Crippen LogP contribution < -0.4 is 11.5 Å². The number of hydrogen-bond donors (Lipinski definition) is 6. The maximum absolute atomic E-state index is 9.00. The summed E-state index contributed by atoms with van der Waals surface area (Å²) in [6.45, 7) is 6.12. The van der Waals surface area contributed by atoms with Crippen LogP contribution in [0, 0.1) is 0 Å². The van der Waals surface area contributed by atoms with E-state index in [0.717, 1.165) is 27.7 Å². The van der Waals surface area contributed by atoms with Gasteiger partial charge in [0.25, 0.3) is 23.9 Å². The van der Waals surface area contributed by atoms with Gasteiger partial charge in [0.1, 0.15) is 0 Å². The topological polar surface area (TPSA) is 201 Å². The van der Waals surface area contributed by atoms with Crippen molar-refractivity contribution >= 4 is 23.9 Å². The fourth-order valence-electron chi connectivity index (χ4n) is 0. The number of aliphatic carboxylic acids is 4. The Morgan fingerprint density at radius 1 is 0.667 bits per heavy atom. The molecule has 0 fully saturated rings. The van der Waals surface area contributed by atoms with Crippen LogP contribution in [-0.2, 0) is 19.2 Å². The summed E-state index contributed by atoms with van der Waals surface area (Å²) in [4.78, 5) is 36.0. The van der Waals surface area contributed by atoms with Crippen molar-refractivity contribution in [2.24, 2.45) is 11.5 Å². The molecule has 0 spiro atoms. The Balaban J connectivity index is -0.0000000510. The van der Waals surface area contributed by atoms with Crippen molar-refractivity contribution in [2.75, 3.05) is 0 Å². The first kappa shape index (κ1) is 30.9. The quantitative estimate of drug-likeness (QED) is 0.356. The fourth-order valence-corrected chi connectivity index (χ4v) is 0. The molecule has 0 atom stereocenters. The number of nitrogens with two attached hydrogens (primary N) is 2. The van der Waals surface area contributed by atoms with Crippen molar-refractivity contribution in [3.05, 3.63) is 11.9 Å². The van der Waals surface area contributed by atoms with Gasteiger partial charge in [0.15, 0.2) is 0 Å². The third-order valence-corrected chi connectivity index (χ3v) is 0.333. The summed E-state index contributed by atoms with van der Waals surface area (Å²) in [6, 6.07) is 0. The minimum absolute atomic E-state index is 0.380. The molecule has 0 aliphatic carbocycles. The van der Waals surface area contributed by atoms with Crippen molar-refractivity contribution in [1.82, 2.24) is 0 Å². The SMILES string of the molecule is CC(=O)O.CC(=O)O.CC(=O)O.CC(=O)O.CC=C(N)N. The van der Waals surface area contributed by atoms with E-state index < -0.39 is 23.9 Å². The Labute approximate surface area is 122 Å². The molecule has 0 aliphatic rings. The third kappa shape index (κ3) is 6560. The average molecular weight is 312 g/mol. The molecule has 0 rings (SSSR count). The van der Waals surface area contributed by atoms with Crippen molar-refractivity contribution in [1.29, 1.82) is 0 Å². The molecule has 0 aromatic rings. The molecular weight excluding hydrogens is 288 g/mol.